The maximum absolute atomic E-state index is 12.3. The molecule has 0 spiro atoms. The first kappa shape index (κ1) is 18.3. The van der Waals surface area contributed by atoms with Crippen molar-refractivity contribution in [3.63, 3.8) is 0 Å². The highest BCUT2D eigenvalue weighted by molar-refractivity contribution is 7.91. The van der Waals surface area contributed by atoms with E-state index in [1.807, 2.05) is 30.3 Å². The van der Waals surface area contributed by atoms with Gasteiger partial charge in [0.15, 0.2) is 9.84 Å². The standard InChI is InChI=1S/C16H22N2O5S/c1-12(15(19)18(2)14-8-9-24(21,22)11-14)17-16(20)23-10-13-6-4-3-5-7-13/h3-7,12,14H,8-11H2,1-2H3,(H,17,20)/t12-,14?/m0/s1. The van der Waals surface area contributed by atoms with Gasteiger partial charge < -0.3 is 15.0 Å². The van der Waals surface area contributed by atoms with Crippen molar-refractivity contribution in [1.82, 2.24) is 10.2 Å². The van der Waals surface area contributed by atoms with Gasteiger partial charge in [-0.3, -0.25) is 4.79 Å². The average Bonchev–Trinajstić information content (AvgIpc) is 2.92. The normalized spacial score (nSPS) is 20.2. The molecule has 2 amide bonds. The molecule has 1 aliphatic heterocycles. The fourth-order valence-electron chi connectivity index (χ4n) is 2.57. The highest BCUT2D eigenvalue weighted by Crippen LogP contribution is 2.17. The van der Waals surface area contributed by atoms with Gasteiger partial charge in [0.2, 0.25) is 5.91 Å². The van der Waals surface area contributed by atoms with Gasteiger partial charge in [-0.1, -0.05) is 30.3 Å². The number of likely N-dealkylation sites (N-methyl/N-ethyl adjacent to an activating group) is 1. The Bertz CT molecular complexity index is 690. The van der Waals surface area contributed by atoms with Crippen LogP contribution in [0.15, 0.2) is 30.3 Å². The Balaban J connectivity index is 1.81. The Morgan fingerprint density at radius 3 is 2.58 bits per heavy atom. The summed E-state index contributed by atoms with van der Waals surface area (Å²) in [6.07, 6.45) is -0.261. The summed E-state index contributed by atoms with van der Waals surface area (Å²) in [5, 5.41) is 2.47. The van der Waals surface area contributed by atoms with Gasteiger partial charge in [-0.2, -0.15) is 0 Å². The predicted molar refractivity (Wildman–Crippen MR) is 89.1 cm³/mol. The molecule has 0 bridgehead atoms. The first-order chi connectivity index (χ1) is 11.3. The molecule has 2 atom stereocenters. The molecule has 1 unspecified atom stereocenters. The van der Waals surface area contributed by atoms with Gasteiger partial charge >= 0.3 is 6.09 Å². The first-order valence-electron chi connectivity index (χ1n) is 7.73. The number of ether oxygens (including phenoxy) is 1. The number of carbonyl (C=O) groups excluding carboxylic acids is 2. The van der Waals surface area contributed by atoms with Crippen LogP contribution in [0.25, 0.3) is 0 Å². The van der Waals surface area contributed by atoms with Crippen molar-refractivity contribution in [2.45, 2.75) is 32.0 Å². The molecule has 24 heavy (non-hydrogen) atoms. The van der Waals surface area contributed by atoms with Crippen molar-refractivity contribution >= 4 is 21.8 Å². The number of hydrogen-bond acceptors (Lipinski definition) is 5. The van der Waals surface area contributed by atoms with Crippen LogP contribution in [0.3, 0.4) is 0 Å². The first-order valence-corrected chi connectivity index (χ1v) is 9.55. The van der Waals surface area contributed by atoms with Crippen molar-refractivity contribution in [2.24, 2.45) is 0 Å². The Kier molecular flexibility index (Phi) is 5.82. The Hall–Kier alpha value is -2.09. The molecule has 0 saturated carbocycles. The number of nitrogens with zero attached hydrogens (tertiary/aromatic N) is 1. The van der Waals surface area contributed by atoms with Crippen LogP contribution >= 0.6 is 0 Å². The van der Waals surface area contributed by atoms with Gasteiger partial charge in [0, 0.05) is 13.1 Å². The van der Waals surface area contributed by atoms with Crippen LogP contribution < -0.4 is 5.32 Å². The molecule has 1 aromatic carbocycles. The highest BCUT2D eigenvalue weighted by Gasteiger charge is 2.34. The van der Waals surface area contributed by atoms with Gasteiger partial charge in [-0.15, -0.1) is 0 Å². The minimum atomic E-state index is -3.07. The lowest BCUT2D eigenvalue weighted by Gasteiger charge is -2.26. The smallest absolute Gasteiger partial charge is 0.408 e. The summed E-state index contributed by atoms with van der Waals surface area (Å²) in [4.78, 5) is 25.5. The summed E-state index contributed by atoms with van der Waals surface area (Å²) >= 11 is 0. The SMILES string of the molecule is C[C@H](NC(=O)OCc1ccccc1)C(=O)N(C)C1CCS(=O)(=O)C1. The molecule has 1 aliphatic rings. The van der Waals surface area contributed by atoms with Crippen LogP contribution in [0.4, 0.5) is 4.79 Å². The summed E-state index contributed by atoms with van der Waals surface area (Å²) < 4.78 is 28.1. The van der Waals surface area contributed by atoms with E-state index in [0.29, 0.717) is 6.42 Å². The zero-order chi connectivity index (χ0) is 17.7. The van der Waals surface area contributed by atoms with E-state index in [1.165, 1.54) is 4.90 Å². The number of amides is 2. The van der Waals surface area contributed by atoms with Gasteiger partial charge in [0.1, 0.15) is 12.6 Å². The minimum Gasteiger partial charge on any atom is -0.445 e. The third-order valence-electron chi connectivity index (χ3n) is 4.02. The third-order valence-corrected chi connectivity index (χ3v) is 5.77. The zero-order valence-electron chi connectivity index (χ0n) is 13.8. The molecular weight excluding hydrogens is 332 g/mol. The summed E-state index contributed by atoms with van der Waals surface area (Å²) in [6.45, 7) is 1.66. The molecule has 0 aromatic heterocycles. The molecule has 1 heterocycles. The van der Waals surface area contributed by atoms with Crippen LogP contribution in [0.1, 0.15) is 18.9 Å². The number of sulfone groups is 1. The fourth-order valence-corrected chi connectivity index (χ4v) is 4.34. The molecule has 8 heteroatoms. The molecule has 0 aliphatic carbocycles. The van der Waals surface area contributed by atoms with Crippen LogP contribution in [0.2, 0.25) is 0 Å². The second-order valence-corrected chi connectivity index (χ2v) is 8.16. The summed E-state index contributed by atoms with van der Waals surface area (Å²) in [6, 6.07) is 8.07. The lowest BCUT2D eigenvalue weighted by Crippen LogP contribution is -2.49. The molecular formula is C16H22N2O5S. The van der Waals surface area contributed by atoms with Crippen molar-refractivity contribution in [1.29, 1.82) is 0 Å². The fraction of sp³-hybridized carbons (Fsp3) is 0.500. The van der Waals surface area contributed by atoms with E-state index in [-0.39, 0.29) is 30.1 Å². The topological polar surface area (TPSA) is 92.8 Å². The number of rotatable bonds is 5. The van der Waals surface area contributed by atoms with E-state index in [9.17, 15) is 18.0 Å². The van der Waals surface area contributed by atoms with Crippen molar-refractivity contribution in [2.75, 3.05) is 18.6 Å². The van der Waals surface area contributed by atoms with E-state index in [2.05, 4.69) is 5.32 Å². The van der Waals surface area contributed by atoms with Crippen molar-refractivity contribution < 1.29 is 22.7 Å². The average molecular weight is 354 g/mol. The summed E-state index contributed by atoms with van der Waals surface area (Å²) in [5.41, 5.74) is 0.847. The Morgan fingerprint density at radius 1 is 1.33 bits per heavy atom. The molecule has 1 N–H and O–H groups in total. The summed E-state index contributed by atoms with van der Waals surface area (Å²) in [7, 11) is -1.51. The monoisotopic (exact) mass is 354 g/mol. The van der Waals surface area contributed by atoms with E-state index < -0.39 is 22.0 Å². The number of benzene rings is 1. The molecule has 0 radical (unpaired) electrons. The third kappa shape index (κ3) is 4.95. The van der Waals surface area contributed by atoms with Crippen molar-refractivity contribution in [3.8, 4) is 0 Å². The second-order valence-electron chi connectivity index (χ2n) is 5.93. The van der Waals surface area contributed by atoms with Crippen LogP contribution in [-0.2, 0) is 26.0 Å². The quantitative estimate of drug-likeness (QED) is 0.850. The maximum Gasteiger partial charge on any atom is 0.408 e. The van der Waals surface area contributed by atoms with Gasteiger partial charge in [-0.05, 0) is 18.9 Å². The van der Waals surface area contributed by atoms with E-state index in [4.69, 9.17) is 4.74 Å². The predicted octanol–water partition coefficient (Wildman–Crippen LogP) is 0.947. The number of carbonyl (C=O) groups is 2. The number of alkyl carbamates (subject to hydrolysis) is 1. The number of hydrogen-bond donors (Lipinski definition) is 1. The molecule has 1 aromatic rings. The molecule has 1 saturated heterocycles. The van der Waals surface area contributed by atoms with Crippen LogP contribution in [0, 0.1) is 0 Å². The van der Waals surface area contributed by atoms with E-state index in [0.717, 1.165) is 5.56 Å². The lowest BCUT2D eigenvalue weighted by atomic mass is 10.2. The second kappa shape index (κ2) is 7.65. The van der Waals surface area contributed by atoms with Crippen LogP contribution in [0.5, 0.6) is 0 Å². The Morgan fingerprint density at radius 2 is 2.00 bits per heavy atom. The van der Waals surface area contributed by atoms with Gasteiger partial charge in [-0.25, -0.2) is 13.2 Å². The lowest BCUT2D eigenvalue weighted by molar-refractivity contribution is -0.133. The van der Waals surface area contributed by atoms with Gasteiger partial charge in [0.25, 0.3) is 0 Å². The largest absolute Gasteiger partial charge is 0.445 e. The molecule has 132 valence electrons. The molecule has 1 fully saturated rings. The highest BCUT2D eigenvalue weighted by atomic mass is 32.2. The maximum atomic E-state index is 12.3. The van der Waals surface area contributed by atoms with Gasteiger partial charge in [0.05, 0.1) is 11.5 Å². The van der Waals surface area contributed by atoms with Crippen LogP contribution in [-0.4, -0.2) is 56.0 Å². The van der Waals surface area contributed by atoms with E-state index >= 15 is 0 Å². The molecule has 7 nitrogen and oxygen atoms in total. The van der Waals surface area contributed by atoms with E-state index in [1.54, 1.807) is 14.0 Å². The number of nitrogens with one attached hydrogen (secondary N) is 1. The molecule has 2 rings (SSSR count). The minimum absolute atomic E-state index is 0.0274. The Labute approximate surface area is 141 Å². The zero-order valence-corrected chi connectivity index (χ0v) is 14.6. The van der Waals surface area contributed by atoms with Crippen molar-refractivity contribution in [3.05, 3.63) is 35.9 Å². The summed E-state index contributed by atoms with van der Waals surface area (Å²) in [5.74, 6) is -0.273.